The average Bonchev–Trinajstić information content (AvgIpc) is 2.98. The SMILES string of the molecule is Cc1cccc(NC(=O)CSc2cc3c(=O)n(C)c(C)nc3s2)c1C. The third-order valence-corrected chi connectivity index (χ3v) is 6.43. The highest BCUT2D eigenvalue weighted by atomic mass is 32.2. The van der Waals surface area contributed by atoms with Gasteiger partial charge in [-0.2, -0.15) is 0 Å². The Morgan fingerprint density at radius 3 is 2.84 bits per heavy atom. The first-order valence-corrected chi connectivity index (χ1v) is 9.63. The molecule has 0 aliphatic rings. The summed E-state index contributed by atoms with van der Waals surface area (Å²) in [6.07, 6.45) is 0. The Labute approximate surface area is 154 Å². The largest absolute Gasteiger partial charge is 0.325 e. The van der Waals surface area contributed by atoms with Crippen LogP contribution >= 0.6 is 23.1 Å². The summed E-state index contributed by atoms with van der Waals surface area (Å²) < 4.78 is 2.46. The Bertz CT molecular complexity index is 1020. The number of thiophene rings is 1. The van der Waals surface area contributed by atoms with Gasteiger partial charge in [0.05, 0.1) is 15.3 Å². The van der Waals surface area contributed by atoms with Crippen LogP contribution in [0.1, 0.15) is 17.0 Å². The number of nitrogens with one attached hydrogen (secondary N) is 1. The van der Waals surface area contributed by atoms with E-state index in [0.29, 0.717) is 17.0 Å². The first-order valence-electron chi connectivity index (χ1n) is 7.83. The van der Waals surface area contributed by atoms with Gasteiger partial charge in [-0.1, -0.05) is 12.1 Å². The molecule has 0 aliphatic heterocycles. The first kappa shape index (κ1) is 17.7. The van der Waals surface area contributed by atoms with E-state index in [-0.39, 0.29) is 11.5 Å². The molecule has 5 nitrogen and oxygen atoms in total. The van der Waals surface area contributed by atoms with Crippen LogP contribution in [0.2, 0.25) is 0 Å². The number of amides is 1. The summed E-state index contributed by atoms with van der Waals surface area (Å²) in [5.74, 6) is 0.913. The van der Waals surface area contributed by atoms with Crippen LogP contribution in [0, 0.1) is 20.8 Å². The van der Waals surface area contributed by atoms with Crippen molar-refractivity contribution in [3.05, 3.63) is 51.6 Å². The van der Waals surface area contributed by atoms with Crippen molar-refractivity contribution in [2.75, 3.05) is 11.1 Å². The maximum absolute atomic E-state index is 12.3. The number of nitrogens with zero attached hydrogens (tertiary/aromatic N) is 2. The lowest BCUT2D eigenvalue weighted by Crippen LogP contribution is -2.19. The lowest BCUT2D eigenvalue weighted by atomic mass is 10.1. The summed E-state index contributed by atoms with van der Waals surface area (Å²) in [6.45, 7) is 5.82. The summed E-state index contributed by atoms with van der Waals surface area (Å²) in [7, 11) is 1.71. The molecule has 3 rings (SSSR count). The number of anilines is 1. The Morgan fingerprint density at radius 2 is 2.08 bits per heavy atom. The molecule has 3 aromatic rings. The highest BCUT2D eigenvalue weighted by molar-refractivity contribution is 8.01. The van der Waals surface area contributed by atoms with E-state index in [1.807, 2.05) is 45.0 Å². The molecular weight excluding hydrogens is 354 g/mol. The number of carbonyl (C=O) groups excluding carboxylic acids is 1. The van der Waals surface area contributed by atoms with Crippen LogP contribution in [-0.2, 0) is 11.8 Å². The lowest BCUT2D eigenvalue weighted by molar-refractivity contribution is -0.113. The number of carbonyl (C=O) groups is 1. The monoisotopic (exact) mass is 373 g/mol. The van der Waals surface area contributed by atoms with E-state index in [1.165, 1.54) is 27.7 Å². The molecule has 1 amide bonds. The van der Waals surface area contributed by atoms with Crippen LogP contribution < -0.4 is 10.9 Å². The molecule has 130 valence electrons. The summed E-state index contributed by atoms with van der Waals surface area (Å²) in [5, 5.41) is 3.56. The number of aromatic nitrogens is 2. The Kier molecular flexibility index (Phi) is 4.96. The molecule has 1 N–H and O–H groups in total. The molecule has 2 aromatic heterocycles. The van der Waals surface area contributed by atoms with E-state index in [9.17, 15) is 9.59 Å². The van der Waals surface area contributed by atoms with Gasteiger partial charge in [0.25, 0.3) is 5.56 Å². The Hall–Kier alpha value is -2.12. The average molecular weight is 374 g/mol. The summed E-state index contributed by atoms with van der Waals surface area (Å²) >= 11 is 2.87. The molecular formula is C18H19N3O2S2. The van der Waals surface area contributed by atoms with E-state index in [0.717, 1.165) is 25.9 Å². The summed E-state index contributed by atoms with van der Waals surface area (Å²) in [5.41, 5.74) is 3.01. The normalized spacial score (nSPS) is 11.0. The summed E-state index contributed by atoms with van der Waals surface area (Å²) in [4.78, 5) is 29.6. The number of hydrogen-bond donors (Lipinski definition) is 1. The molecule has 25 heavy (non-hydrogen) atoms. The van der Waals surface area contributed by atoms with Crippen molar-refractivity contribution in [2.45, 2.75) is 25.0 Å². The lowest BCUT2D eigenvalue weighted by Gasteiger charge is -2.09. The number of rotatable bonds is 4. The number of thioether (sulfide) groups is 1. The first-order chi connectivity index (χ1) is 11.9. The van der Waals surface area contributed by atoms with Crippen molar-refractivity contribution < 1.29 is 4.79 Å². The van der Waals surface area contributed by atoms with Gasteiger partial charge in [0.1, 0.15) is 10.7 Å². The number of benzene rings is 1. The summed E-state index contributed by atoms with van der Waals surface area (Å²) in [6, 6.07) is 7.68. The smallest absolute Gasteiger partial charge is 0.262 e. The number of aryl methyl sites for hydroxylation is 2. The minimum Gasteiger partial charge on any atom is -0.325 e. The van der Waals surface area contributed by atoms with Crippen LogP contribution in [0.5, 0.6) is 0 Å². The zero-order chi connectivity index (χ0) is 18.1. The van der Waals surface area contributed by atoms with Gasteiger partial charge in [-0.3, -0.25) is 14.2 Å². The van der Waals surface area contributed by atoms with E-state index in [1.54, 1.807) is 7.05 Å². The Balaban J connectivity index is 1.72. The van der Waals surface area contributed by atoms with E-state index in [2.05, 4.69) is 10.3 Å². The molecule has 0 spiro atoms. The maximum atomic E-state index is 12.3. The van der Waals surface area contributed by atoms with Gasteiger partial charge in [0.15, 0.2) is 0 Å². The standard InChI is InChI=1S/C18H19N3O2S2/c1-10-6-5-7-14(11(10)2)20-15(22)9-24-16-8-13-17(25-16)19-12(3)21(4)18(13)23/h5-8H,9H2,1-4H3,(H,20,22). The second kappa shape index (κ2) is 7.01. The molecule has 0 saturated carbocycles. The molecule has 0 unspecified atom stereocenters. The second-order valence-corrected chi connectivity index (χ2v) is 8.20. The van der Waals surface area contributed by atoms with Crippen LogP contribution in [-0.4, -0.2) is 21.2 Å². The molecule has 2 heterocycles. The topological polar surface area (TPSA) is 64.0 Å². The zero-order valence-corrected chi connectivity index (χ0v) is 16.2. The van der Waals surface area contributed by atoms with Gasteiger partial charge < -0.3 is 5.32 Å². The fourth-order valence-electron chi connectivity index (χ4n) is 2.43. The second-order valence-electron chi connectivity index (χ2n) is 5.89. The van der Waals surface area contributed by atoms with Crippen LogP contribution in [0.15, 0.2) is 33.3 Å². The molecule has 0 aliphatic carbocycles. The highest BCUT2D eigenvalue weighted by Crippen LogP contribution is 2.30. The molecule has 7 heteroatoms. The fourth-order valence-corrected chi connectivity index (χ4v) is 4.42. The van der Waals surface area contributed by atoms with Crippen molar-refractivity contribution in [2.24, 2.45) is 7.05 Å². The molecule has 1 aromatic carbocycles. The van der Waals surface area contributed by atoms with Crippen LogP contribution in [0.3, 0.4) is 0 Å². The van der Waals surface area contributed by atoms with Crippen LogP contribution in [0.4, 0.5) is 5.69 Å². The molecule has 0 saturated heterocycles. The minimum absolute atomic E-state index is 0.0505. The van der Waals surface area contributed by atoms with Gasteiger partial charge >= 0.3 is 0 Å². The third-order valence-electron chi connectivity index (χ3n) is 4.20. The zero-order valence-electron chi connectivity index (χ0n) is 14.5. The number of fused-ring (bicyclic) bond motifs is 1. The van der Waals surface area contributed by atoms with Gasteiger partial charge in [-0.15, -0.1) is 23.1 Å². The van der Waals surface area contributed by atoms with Crippen molar-refractivity contribution in [3.63, 3.8) is 0 Å². The quantitative estimate of drug-likeness (QED) is 0.709. The van der Waals surface area contributed by atoms with E-state index in [4.69, 9.17) is 0 Å². The van der Waals surface area contributed by atoms with Crippen molar-refractivity contribution in [3.8, 4) is 0 Å². The molecule has 0 fully saturated rings. The third kappa shape index (κ3) is 3.62. The van der Waals surface area contributed by atoms with Gasteiger partial charge in [-0.25, -0.2) is 4.98 Å². The predicted molar refractivity (Wildman–Crippen MR) is 105 cm³/mol. The minimum atomic E-state index is -0.0619. The van der Waals surface area contributed by atoms with Gasteiger partial charge in [0.2, 0.25) is 5.91 Å². The van der Waals surface area contributed by atoms with Crippen molar-refractivity contribution in [1.29, 1.82) is 0 Å². The van der Waals surface area contributed by atoms with Crippen molar-refractivity contribution in [1.82, 2.24) is 9.55 Å². The molecule has 0 atom stereocenters. The van der Waals surface area contributed by atoms with Crippen LogP contribution in [0.25, 0.3) is 10.2 Å². The highest BCUT2D eigenvalue weighted by Gasteiger charge is 2.12. The maximum Gasteiger partial charge on any atom is 0.262 e. The van der Waals surface area contributed by atoms with E-state index < -0.39 is 0 Å². The van der Waals surface area contributed by atoms with E-state index >= 15 is 0 Å². The fraction of sp³-hybridized carbons (Fsp3) is 0.278. The molecule has 0 radical (unpaired) electrons. The predicted octanol–water partition coefficient (Wildman–Crippen LogP) is 3.65. The Morgan fingerprint density at radius 1 is 1.32 bits per heavy atom. The molecule has 0 bridgehead atoms. The number of hydrogen-bond acceptors (Lipinski definition) is 5. The van der Waals surface area contributed by atoms with Crippen molar-refractivity contribution >= 4 is 44.9 Å². The van der Waals surface area contributed by atoms with Gasteiger partial charge in [-0.05, 0) is 44.0 Å². The van der Waals surface area contributed by atoms with Gasteiger partial charge in [0, 0.05) is 12.7 Å².